The van der Waals surface area contributed by atoms with E-state index in [0.717, 1.165) is 4.90 Å². The second kappa shape index (κ2) is 7.05. The molecule has 0 spiro atoms. The molecule has 1 atom stereocenters. The van der Waals surface area contributed by atoms with Gasteiger partial charge in [0.1, 0.15) is 11.8 Å². The lowest BCUT2D eigenvalue weighted by atomic mass is 10.2. The van der Waals surface area contributed by atoms with Crippen LogP contribution >= 0.6 is 11.6 Å². The molecule has 7 nitrogen and oxygen atoms in total. The number of amides is 2. The van der Waals surface area contributed by atoms with Gasteiger partial charge >= 0.3 is 0 Å². The van der Waals surface area contributed by atoms with Gasteiger partial charge in [0.05, 0.1) is 25.2 Å². The van der Waals surface area contributed by atoms with Crippen molar-refractivity contribution in [3.8, 4) is 5.75 Å². The molecule has 0 aromatic heterocycles. The lowest BCUT2D eigenvalue weighted by molar-refractivity contribution is -0.255. The number of halogens is 1. The smallest absolute Gasteiger partial charge is 0.256 e. The van der Waals surface area contributed by atoms with Crippen LogP contribution in [0.15, 0.2) is 42.5 Å². The number of carboxylic acids is 1. The lowest BCUT2D eigenvalue weighted by Gasteiger charge is -2.19. The molecule has 1 aliphatic rings. The average molecular weight is 374 g/mol. The van der Waals surface area contributed by atoms with Crippen molar-refractivity contribution < 1.29 is 24.2 Å². The quantitative estimate of drug-likeness (QED) is 0.796. The summed E-state index contributed by atoms with van der Waals surface area (Å²) in [5, 5.41) is 14.1. The zero-order chi connectivity index (χ0) is 18.8. The second-order valence-corrected chi connectivity index (χ2v) is 6.09. The summed E-state index contributed by atoms with van der Waals surface area (Å²) in [6, 6.07) is 9.62. The highest BCUT2D eigenvalue weighted by atomic mass is 35.5. The number of anilines is 2. The zero-order valence-corrected chi connectivity index (χ0v) is 14.4. The van der Waals surface area contributed by atoms with Crippen LogP contribution in [0.4, 0.5) is 11.4 Å². The number of hydrogen-bond donors (Lipinski definition) is 1. The van der Waals surface area contributed by atoms with E-state index in [1.165, 1.54) is 37.4 Å². The number of carboxylic acid groups (broad SMARTS) is 1. The molecule has 1 aliphatic heterocycles. The average Bonchev–Trinajstić information content (AvgIpc) is 2.89. The van der Waals surface area contributed by atoms with Crippen LogP contribution in [0.3, 0.4) is 0 Å². The van der Waals surface area contributed by atoms with Gasteiger partial charge in [-0.2, -0.15) is 0 Å². The Labute approximate surface area is 154 Å². The number of rotatable bonds is 5. The van der Waals surface area contributed by atoms with Crippen molar-refractivity contribution in [1.82, 2.24) is 0 Å². The van der Waals surface area contributed by atoms with Crippen LogP contribution in [0.2, 0.25) is 5.02 Å². The van der Waals surface area contributed by atoms with Gasteiger partial charge in [-0.15, -0.1) is 0 Å². The minimum Gasteiger partial charge on any atom is -0.545 e. The first-order valence-electron chi connectivity index (χ1n) is 7.69. The normalized spacial score (nSPS) is 16.7. The Morgan fingerprint density at radius 1 is 1.23 bits per heavy atom. The minimum atomic E-state index is -1.29. The van der Waals surface area contributed by atoms with Crippen molar-refractivity contribution in [3.05, 3.63) is 53.1 Å². The van der Waals surface area contributed by atoms with Gasteiger partial charge < -0.3 is 20.0 Å². The molecule has 1 saturated heterocycles. The SMILES string of the molecule is COc1ccc(Cl)cc1N1C(=O)C[C@H](Nc2ccc(C(=O)[O-])cc2)C1=O. The first-order valence-corrected chi connectivity index (χ1v) is 8.07. The number of carbonyl (C=O) groups is 3. The van der Waals surface area contributed by atoms with Gasteiger partial charge in [-0.1, -0.05) is 23.7 Å². The number of imide groups is 1. The molecule has 8 heteroatoms. The van der Waals surface area contributed by atoms with Gasteiger partial charge in [0.25, 0.3) is 5.91 Å². The molecule has 0 aliphatic carbocycles. The predicted molar refractivity (Wildman–Crippen MR) is 93.3 cm³/mol. The van der Waals surface area contributed by atoms with Crippen LogP contribution in [-0.2, 0) is 9.59 Å². The molecule has 2 aromatic rings. The molecule has 1 heterocycles. The maximum atomic E-state index is 12.7. The number of benzene rings is 2. The first kappa shape index (κ1) is 17.8. The number of nitrogens with zero attached hydrogens (tertiary/aromatic N) is 1. The van der Waals surface area contributed by atoms with Gasteiger partial charge in [-0.25, -0.2) is 4.90 Å². The van der Waals surface area contributed by atoms with Crippen LogP contribution in [0.25, 0.3) is 0 Å². The van der Waals surface area contributed by atoms with Gasteiger partial charge in [0, 0.05) is 10.7 Å². The van der Waals surface area contributed by atoms with E-state index in [-0.39, 0.29) is 23.6 Å². The number of methoxy groups -OCH3 is 1. The van der Waals surface area contributed by atoms with Crippen molar-refractivity contribution >= 4 is 40.8 Å². The highest BCUT2D eigenvalue weighted by Crippen LogP contribution is 2.35. The van der Waals surface area contributed by atoms with E-state index >= 15 is 0 Å². The van der Waals surface area contributed by atoms with E-state index < -0.39 is 17.9 Å². The summed E-state index contributed by atoms with van der Waals surface area (Å²) in [7, 11) is 1.44. The fourth-order valence-electron chi connectivity index (χ4n) is 2.74. The van der Waals surface area contributed by atoms with Crippen molar-refractivity contribution in [2.45, 2.75) is 12.5 Å². The molecule has 2 amide bonds. The van der Waals surface area contributed by atoms with Crippen molar-refractivity contribution in [1.29, 1.82) is 0 Å². The van der Waals surface area contributed by atoms with Gasteiger partial charge in [-0.3, -0.25) is 9.59 Å². The number of ether oxygens (including phenoxy) is 1. The number of hydrogen-bond acceptors (Lipinski definition) is 6. The first-order chi connectivity index (χ1) is 12.4. The summed E-state index contributed by atoms with van der Waals surface area (Å²) in [5.74, 6) is -1.77. The molecule has 1 N–H and O–H groups in total. The van der Waals surface area contributed by atoms with Gasteiger partial charge in [0.2, 0.25) is 5.91 Å². The topological polar surface area (TPSA) is 98.8 Å². The monoisotopic (exact) mass is 373 g/mol. The minimum absolute atomic E-state index is 0.0228. The molecule has 0 radical (unpaired) electrons. The molecular weight excluding hydrogens is 360 g/mol. The second-order valence-electron chi connectivity index (χ2n) is 5.65. The third-order valence-electron chi connectivity index (χ3n) is 3.99. The van der Waals surface area contributed by atoms with Crippen molar-refractivity contribution in [3.63, 3.8) is 0 Å². The maximum absolute atomic E-state index is 12.7. The Bertz CT molecular complexity index is 882. The molecule has 134 valence electrons. The Morgan fingerprint density at radius 3 is 2.54 bits per heavy atom. The molecular formula is C18H14ClN2O5-. The fraction of sp³-hybridized carbons (Fsp3) is 0.167. The Balaban J connectivity index is 1.83. The highest BCUT2D eigenvalue weighted by Gasteiger charge is 2.40. The van der Waals surface area contributed by atoms with Gasteiger partial charge in [-0.05, 0) is 35.9 Å². The molecule has 0 saturated carbocycles. The maximum Gasteiger partial charge on any atom is 0.256 e. The third kappa shape index (κ3) is 3.34. The molecule has 1 fully saturated rings. The fourth-order valence-corrected chi connectivity index (χ4v) is 2.91. The van der Waals surface area contributed by atoms with Crippen molar-refractivity contribution in [2.24, 2.45) is 0 Å². The summed E-state index contributed by atoms with van der Waals surface area (Å²) >= 11 is 5.98. The Kier molecular flexibility index (Phi) is 4.81. The van der Waals surface area contributed by atoms with E-state index in [4.69, 9.17) is 16.3 Å². The van der Waals surface area contributed by atoms with Crippen LogP contribution in [-0.4, -0.2) is 30.9 Å². The van der Waals surface area contributed by atoms with E-state index in [9.17, 15) is 19.5 Å². The van der Waals surface area contributed by atoms with Crippen molar-refractivity contribution in [2.75, 3.05) is 17.3 Å². The van der Waals surface area contributed by atoms with E-state index in [0.29, 0.717) is 16.5 Å². The number of nitrogens with one attached hydrogen (secondary N) is 1. The lowest BCUT2D eigenvalue weighted by Crippen LogP contribution is -2.35. The summed E-state index contributed by atoms with van der Waals surface area (Å²) in [6.45, 7) is 0. The summed E-state index contributed by atoms with van der Waals surface area (Å²) < 4.78 is 5.21. The van der Waals surface area contributed by atoms with Crippen LogP contribution in [0.5, 0.6) is 5.75 Å². The van der Waals surface area contributed by atoms with Gasteiger partial charge in [0.15, 0.2) is 0 Å². The molecule has 3 rings (SSSR count). The van der Waals surface area contributed by atoms with Crippen LogP contribution in [0.1, 0.15) is 16.8 Å². The zero-order valence-electron chi connectivity index (χ0n) is 13.7. The van der Waals surface area contributed by atoms with Crippen LogP contribution < -0.4 is 20.1 Å². The summed E-state index contributed by atoms with van der Waals surface area (Å²) in [6.07, 6.45) is -0.0449. The van der Waals surface area contributed by atoms with E-state index in [1.807, 2.05) is 0 Å². The molecule has 0 bridgehead atoms. The largest absolute Gasteiger partial charge is 0.545 e. The van der Waals surface area contributed by atoms with Crippen LogP contribution in [0, 0.1) is 0 Å². The molecule has 0 unspecified atom stereocenters. The number of aromatic carboxylic acids is 1. The third-order valence-corrected chi connectivity index (χ3v) is 4.23. The van der Waals surface area contributed by atoms with E-state index in [2.05, 4.69) is 5.32 Å². The molecule has 26 heavy (non-hydrogen) atoms. The summed E-state index contributed by atoms with van der Waals surface area (Å²) in [4.78, 5) is 36.9. The standard InChI is InChI=1S/C18H15ClN2O5/c1-26-15-7-4-11(19)8-14(15)21-16(22)9-13(17(21)23)20-12-5-2-10(3-6-12)18(24)25/h2-8,13,20H,9H2,1H3,(H,24,25)/p-1/t13-/m0/s1. The number of carbonyl (C=O) groups excluding carboxylic acids is 3. The highest BCUT2D eigenvalue weighted by molar-refractivity contribution is 6.31. The van der Waals surface area contributed by atoms with E-state index in [1.54, 1.807) is 12.1 Å². The Morgan fingerprint density at radius 2 is 1.92 bits per heavy atom. The molecule has 2 aromatic carbocycles. The Hall–Kier alpha value is -3.06. The summed E-state index contributed by atoms with van der Waals surface area (Å²) in [5.41, 5.74) is 0.822. The predicted octanol–water partition coefficient (Wildman–Crippen LogP) is 1.46.